The van der Waals surface area contributed by atoms with E-state index in [9.17, 15) is 5.11 Å². The van der Waals surface area contributed by atoms with Gasteiger partial charge in [0.15, 0.2) is 5.79 Å². The highest BCUT2D eigenvalue weighted by molar-refractivity contribution is 5.84. The molecule has 34 heavy (non-hydrogen) atoms. The minimum absolute atomic E-state index is 0.0474. The van der Waals surface area contributed by atoms with Crippen molar-refractivity contribution in [1.29, 1.82) is 0 Å². The van der Waals surface area contributed by atoms with E-state index in [1.807, 2.05) is 68.8 Å². The van der Waals surface area contributed by atoms with Crippen molar-refractivity contribution in [1.82, 2.24) is 19.9 Å². The minimum atomic E-state index is -0.715. The first kappa shape index (κ1) is 24.6. The lowest BCUT2D eigenvalue weighted by atomic mass is 10.0. The van der Waals surface area contributed by atoms with Crippen LogP contribution >= 0.6 is 0 Å². The Kier molecular flexibility index (Phi) is 7.49. The van der Waals surface area contributed by atoms with E-state index in [4.69, 9.17) is 18.9 Å². The summed E-state index contributed by atoms with van der Waals surface area (Å²) in [6.07, 6.45) is 2.98. The molecular weight excluding hydrogens is 436 g/mol. The second-order valence-corrected chi connectivity index (χ2v) is 8.60. The van der Waals surface area contributed by atoms with Crippen molar-refractivity contribution in [3.8, 4) is 5.88 Å². The first-order chi connectivity index (χ1) is 16.5. The molecule has 9 nitrogen and oxygen atoms in total. The zero-order chi connectivity index (χ0) is 24.3. The van der Waals surface area contributed by atoms with Gasteiger partial charge in [-0.05, 0) is 19.4 Å². The first-order valence-electron chi connectivity index (χ1n) is 11.7. The van der Waals surface area contributed by atoms with Crippen molar-refractivity contribution >= 4 is 11.0 Å². The van der Waals surface area contributed by atoms with Gasteiger partial charge in [0.1, 0.15) is 36.3 Å². The van der Waals surface area contributed by atoms with E-state index in [0.717, 1.165) is 22.2 Å². The quantitative estimate of drug-likeness (QED) is 0.543. The van der Waals surface area contributed by atoms with Gasteiger partial charge in [-0.15, -0.1) is 0 Å². The molecule has 0 spiro atoms. The number of aromatic nitrogens is 3. The second-order valence-electron chi connectivity index (χ2n) is 8.60. The summed E-state index contributed by atoms with van der Waals surface area (Å²) in [6.45, 7) is 8.53. The SMILES string of the molecule is CC.COc1ncnc2c(C3NC(CO)C4OC(C)(C)OC34)cn(COCc3ccccc3)c12. The van der Waals surface area contributed by atoms with Gasteiger partial charge in [0, 0.05) is 11.8 Å². The van der Waals surface area contributed by atoms with Crippen LogP contribution < -0.4 is 10.1 Å². The van der Waals surface area contributed by atoms with Gasteiger partial charge in [-0.25, -0.2) is 4.98 Å². The van der Waals surface area contributed by atoms with E-state index >= 15 is 0 Å². The average molecular weight is 471 g/mol. The number of nitrogens with zero attached hydrogens (tertiary/aromatic N) is 3. The lowest BCUT2D eigenvalue weighted by Gasteiger charge is -2.23. The third-order valence-electron chi connectivity index (χ3n) is 5.99. The molecule has 2 aliphatic heterocycles. The predicted octanol–water partition coefficient (Wildman–Crippen LogP) is 3.17. The maximum atomic E-state index is 9.90. The fraction of sp³-hybridized carbons (Fsp3) is 0.520. The van der Waals surface area contributed by atoms with E-state index in [2.05, 4.69) is 15.3 Å². The smallest absolute Gasteiger partial charge is 0.241 e. The summed E-state index contributed by atoms with van der Waals surface area (Å²) in [4.78, 5) is 8.84. The van der Waals surface area contributed by atoms with E-state index in [0.29, 0.717) is 19.2 Å². The summed E-state index contributed by atoms with van der Waals surface area (Å²) in [5.41, 5.74) is 3.53. The second kappa shape index (κ2) is 10.4. The van der Waals surface area contributed by atoms with Gasteiger partial charge < -0.3 is 33.9 Å². The highest BCUT2D eigenvalue weighted by Gasteiger charge is 2.54. The van der Waals surface area contributed by atoms with Crippen LogP contribution in [0.4, 0.5) is 0 Å². The van der Waals surface area contributed by atoms with Crippen molar-refractivity contribution < 1.29 is 24.1 Å². The molecule has 3 aromatic rings. The number of methoxy groups -OCH3 is 1. The average Bonchev–Trinajstić information content (AvgIpc) is 3.49. The summed E-state index contributed by atoms with van der Waals surface area (Å²) in [7, 11) is 1.59. The van der Waals surface area contributed by atoms with Gasteiger partial charge in [-0.1, -0.05) is 44.2 Å². The van der Waals surface area contributed by atoms with Crippen molar-refractivity contribution in [3.05, 3.63) is 54.0 Å². The predicted molar refractivity (Wildman–Crippen MR) is 127 cm³/mol. The Bertz CT molecular complexity index is 1090. The fourth-order valence-corrected chi connectivity index (χ4v) is 4.67. The van der Waals surface area contributed by atoms with Crippen molar-refractivity contribution in [2.45, 2.75) is 71.1 Å². The van der Waals surface area contributed by atoms with Crippen LogP contribution in [-0.4, -0.2) is 57.4 Å². The van der Waals surface area contributed by atoms with Gasteiger partial charge in [0.2, 0.25) is 5.88 Å². The first-order valence-corrected chi connectivity index (χ1v) is 11.7. The largest absolute Gasteiger partial charge is 0.479 e. The lowest BCUT2D eigenvalue weighted by Crippen LogP contribution is -2.38. The van der Waals surface area contributed by atoms with Gasteiger partial charge in [0.05, 0.1) is 32.4 Å². The van der Waals surface area contributed by atoms with Gasteiger partial charge >= 0.3 is 0 Å². The highest BCUT2D eigenvalue weighted by Crippen LogP contribution is 2.43. The van der Waals surface area contributed by atoms with Crippen LogP contribution in [0.15, 0.2) is 42.9 Å². The number of fused-ring (bicyclic) bond motifs is 2. The third-order valence-corrected chi connectivity index (χ3v) is 5.99. The Morgan fingerprint density at radius 1 is 1.12 bits per heavy atom. The van der Waals surface area contributed by atoms with Crippen LogP contribution in [0.25, 0.3) is 11.0 Å². The number of hydrogen-bond donors (Lipinski definition) is 2. The van der Waals surface area contributed by atoms with E-state index in [1.54, 1.807) is 7.11 Å². The van der Waals surface area contributed by atoms with Crippen LogP contribution in [0.1, 0.15) is 44.9 Å². The summed E-state index contributed by atoms with van der Waals surface area (Å²) in [6, 6.07) is 9.57. The normalized spacial score (nSPS) is 25.1. The van der Waals surface area contributed by atoms with E-state index in [-0.39, 0.29) is 30.9 Å². The highest BCUT2D eigenvalue weighted by atomic mass is 16.8. The molecule has 0 aliphatic carbocycles. The summed E-state index contributed by atoms with van der Waals surface area (Å²) >= 11 is 0. The van der Waals surface area contributed by atoms with Gasteiger partial charge in [-0.2, -0.15) is 4.98 Å². The van der Waals surface area contributed by atoms with Crippen LogP contribution in [-0.2, 0) is 27.5 Å². The molecule has 5 rings (SSSR count). The van der Waals surface area contributed by atoms with Crippen LogP contribution in [0.3, 0.4) is 0 Å². The molecule has 0 amide bonds. The molecule has 0 saturated carbocycles. The number of aliphatic hydroxyl groups is 1. The molecule has 2 saturated heterocycles. The van der Waals surface area contributed by atoms with Gasteiger partial charge in [-0.3, -0.25) is 0 Å². The third kappa shape index (κ3) is 4.67. The molecule has 0 radical (unpaired) electrons. The Morgan fingerprint density at radius 2 is 1.85 bits per heavy atom. The molecule has 2 fully saturated rings. The summed E-state index contributed by atoms with van der Waals surface area (Å²) < 4.78 is 25.8. The Hall–Kier alpha value is -2.56. The Balaban J connectivity index is 0.00000133. The number of aliphatic hydroxyl groups excluding tert-OH is 1. The number of nitrogens with one attached hydrogen (secondary N) is 1. The Labute approximate surface area is 200 Å². The lowest BCUT2D eigenvalue weighted by molar-refractivity contribution is -0.157. The molecule has 9 heteroatoms. The molecule has 4 unspecified atom stereocenters. The summed E-state index contributed by atoms with van der Waals surface area (Å²) in [5, 5.41) is 13.4. The maximum Gasteiger partial charge on any atom is 0.241 e. The molecule has 2 aliphatic rings. The number of hydrogen-bond acceptors (Lipinski definition) is 8. The molecule has 2 N–H and O–H groups in total. The number of benzene rings is 1. The zero-order valence-electron chi connectivity index (χ0n) is 20.4. The van der Waals surface area contributed by atoms with Gasteiger partial charge in [0.25, 0.3) is 0 Å². The maximum absolute atomic E-state index is 9.90. The van der Waals surface area contributed by atoms with Crippen molar-refractivity contribution in [3.63, 3.8) is 0 Å². The molecule has 184 valence electrons. The number of ether oxygens (including phenoxy) is 4. The van der Waals surface area contributed by atoms with Crippen molar-refractivity contribution in [2.75, 3.05) is 13.7 Å². The van der Waals surface area contributed by atoms with E-state index < -0.39 is 5.79 Å². The molecule has 0 bridgehead atoms. The zero-order valence-corrected chi connectivity index (χ0v) is 20.4. The molecule has 4 atom stereocenters. The Morgan fingerprint density at radius 3 is 2.56 bits per heavy atom. The molecular formula is C25H34N4O5. The van der Waals surface area contributed by atoms with Crippen LogP contribution in [0.5, 0.6) is 5.88 Å². The summed E-state index contributed by atoms with van der Waals surface area (Å²) in [5.74, 6) is -0.242. The van der Waals surface area contributed by atoms with Crippen LogP contribution in [0.2, 0.25) is 0 Å². The topological polar surface area (TPSA) is 99.9 Å². The standard InChI is InChI=1S/C23H28N4O5.C2H6/c1-23(2)31-20-16(10-28)26-18(21(20)32-23)15-9-27(13-30-11-14-7-5-4-6-8-14)19-17(15)24-12-25-22(19)29-3;1-2/h4-9,12,16,18,20-21,26,28H,10-11,13H2,1-3H3;1-2H3. The van der Waals surface area contributed by atoms with Crippen molar-refractivity contribution in [2.24, 2.45) is 0 Å². The minimum Gasteiger partial charge on any atom is -0.479 e. The molecule has 2 aromatic heterocycles. The monoisotopic (exact) mass is 470 g/mol. The fourth-order valence-electron chi connectivity index (χ4n) is 4.67. The van der Waals surface area contributed by atoms with Crippen LogP contribution in [0, 0.1) is 0 Å². The molecule has 1 aromatic carbocycles. The number of rotatable bonds is 7. The van der Waals surface area contributed by atoms with E-state index in [1.165, 1.54) is 6.33 Å². The molecule has 4 heterocycles.